The number of anilines is 3. The van der Waals surface area contributed by atoms with Crippen LogP contribution >= 0.6 is 0 Å². The van der Waals surface area contributed by atoms with Crippen LogP contribution in [0.4, 0.5) is 17.5 Å². The summed E-state index contributed by atoms with van der Waals surface area (Å²) in [6.45, 7) is 9.88. The van der Waals surface area contributed by atoms with Gasteiger partial charge in [-0.05, 0) is 87.8 Å². The number of aromatic nitrogens is 4. The van der Waals surface area contributed by atoms with Crippen molar-refractivity contribution in [3.05, 3.63) is 74.8 Å². The summed E-state index contributed by atoms with van der Waals surface area (Å²) in [5, 5.41) is 6.13. The minimum Gasteiger partial charge on any atom is -0.493 e. The van der Waals surface area contributed by atoms with Crippen LogP contribution in [0.3, 0.4) is 0 Å². The number of ether oxygens (including phenoxy) is 2. The van der Waals surface area contributed by atoms with E-state index in [1.54, 1.807) is 29.8 Å². The first-order valence-electron chi connectivity index (χ1n) is 23.9. The van der Waals surface area contributed by atoms with Gasteiger partial charge in [-0.15, -0.1) is 0 Å². The number of imide groups is 2. The number of likely N-dealkylation sites (tertiary alicyclic amines) is 1. The van der Waals surface area contributed by atoms with Gasteiger partial charge in [-0.3, -0.25) is 53.2 Å². The van der Waals surface area contributed by atoms with Crippen molar-refractivity contribution in [2.24, 2.45) is 5.41 Å². The zero-order valence-corrected chi connectivity index (χ0v) is 38.5. The number of rotatable bonds is 12. The first-order chi connectivity index (χ1) is 32.9. The fourth-order valence-corrected chi connectivity index (χ4v) is 11.0. The Morgan fingerprint density at radius 3 is 2.37 bits per heavy atom. The zero-order valence-electron chi connectivity index (χ0n) is 38.5. The number of carbonyl (C=O) groups is 6. The molecule has 4 fully saturated rings. The van der Waals surface area contributed by atoms with Gasteiger partial charge in [-0.2, -0.15) is 4.98 Å². The summed E-state index contributed by atoms with van der Waals surface area (Å²) in [5.74, 6) is -0.879. The average molecular weight is 929 g/mol. The lowest BCUT2D eigenvalue weighted by molar-refractivity contribution is -0.137. The molecule has 19 heteroatoms. The second kappa shape index (κ2) is 18.5. The Hall–Kier alpha value is -6.60. The van der Waals surface area contributed by atoms with Crippen molar-refractivity contribution in [3.63, 3.8) is 0 Å². The van der Waals surface area contributed by atoms with E-state index in [0.717, 1.165) is 87.4 Å². The van der Waals surface area contributed by atoms with E-state index < -0.39 is 29.7 Å². The van der Waals surface area contributed by atoms with Gasteiger partial charge in [0.1, 0.15) is 23.3 Å². The highest BCUT2D eigenvalue weighted by atomic mass is 16.5. The second-order valence-corrected chi connectivity index (χ2v) is 19.1. The van der Waals surface area contributed by atoms with E-state index in [9.17, 15) is 33.6 Å². The summed E-state index contributed by atoms with van der Waals surface area (Å²) in [6, 6.07) is 6.22. The van der Waals surface area contributed by atoms with Crippen molar-refractivity contribution in [1.82, 2.24) is 39.5 Å². The third kappa shape index (κ3) is 8.61. The molecule has 5 amide bonds. The summed E-state index contributed by atoms with van der Waals surface area (Å²) < 4.78 is 13.9. The number of aryl methyl sites for hydroxylation is 1. The zero-order chi connectivity index (χ0) is 47.3. The number of pyridine rings is 2. The van der Waals surface area contributed by atoms with Gasteiger partial charge in [0, 0.05) is 75.3 Å². The van der Waals surface area contributed by atoms with Gasteiger partial charge in [0.25, 0.3) is 17.4 Å². The number of hydrogen-bond acceptors (Lipinski definition) is 15. The molecular weight excluding hydrogens is 873 g/mol. The molecule has 3 saturated heterocycles. The Bertz CT molecular complexity index is 2770. The van der Waals surface area contributed by atoms with Gasteiger partial charge in [-0.25, -0.2) is 9.97 Å². The Balaban J connectivity index is 0.648. The number of ketones is 1. The normalized spacial score (nSPS) is 20.7. The van der Waals surface area contributed by atoms with Gasteiger partial charge in [0.05, 0.1) is 54.8 Å². The average Bonchev–Trinajstić information content (AvgIpc) is 3.94. The van der Waals surface area contributed by atoms with Crippen LogP contribution < -0.4 is 25.8 Å². The van der Waals surface area contributed by atoms with Gasteiger partial charge >= 0.3 is 0 Å². The maximum absolute atomic E-state index is 13.6. The van der Waals surface area contributed by atoms with E-state index in [1.165, 1.54) is 6.92 Å². The van der Waals surface area contributed by atoms with Crippen LogP contribution in [0.15, 0.2) is 41.5 Å². The van der Waals surface area contributed by atoms with Crippen molar-refractivity contribution in [1.29, 1.82) is 0 Å². The molecule has 6 aliphatic rings. The summed E-state index contributed by atoms with van der Waals surface area (Å²) in [6.07, 6.45) is 9.91. The molecular formula is C49H56N10O9. The molecule has 3 aromatic heterocycles. The molecule has 1 saturated carbocycles. The van der Waals surface area contributed by atoms with Crippen molar-refractivity contribution in [2.75, 3.05) is 75.9 Å². The van der Waals surface area contributed by atoms with Crippen molar-refractivity contribution >= 4 is 63.8 Å². The number of nitrogens with one attached hydrogen (secondary N) is 2. The van der Waals surface area contributed by atoms with Crippen molar-refractivity contribution in [3.8, 4) is 5.75 Å². The third-order valence-electron chi connectivity index (χ3n) is 14.9. The first-order valence-corrected chi connectivity index (χ1v) is 23.9. The van der Waals surface area contributed by atoms with Gasteiger partial charge < -0.3 is 24.6 Å². The summed E-state index contributed by atoms with van der Waals surface area (Å²) >= 11 is 0. The van der Waals surface area contributed by atoms with Crippen LogP contribution in [-0.2, 0) is 25.5 Å². The molecule has 1 atom stereocenters. The molecule has 19 nitrogen and oxygen atoms in total. The minimum absolute atomic E-state index is 0.00289. The third-order valence-corrected chi connectivity index (χ3v) is 14.9. The van der Waals surface area contributed by atoms with E-state index in [-0.39, 0.29) is 58.2 Å². The maximum atomic E-state index is 13.6. The molecule has 356 valence electrons. The van der Waals surface area contributed by atoms with Crippen LogP contribution in [0.1, 0.15) is 113 Å². The number of fused-ring (bicyclic) bond motifs is 3. The fraction of sp³-hybridized carbons (Fsp3) is 0.510. The van der Waals surface area contributed by atoms with E-state index in [0.29, 0.717) is 79.9 Å². The van der Waals surface area contributed by atoms with E-state index in [2.05, 4.69) is 30.4 Å². The summed E-state index contributed by atoms with van der Waals surface area (Å²) in [5.41, 5.74) is 3.15. The van der Waals surface area contributed by atoms with Gasteiger partial charge in [0.15, 0.2) is 5.78 Å². The van der Waals surface area contributed by atoms with Crippen LogP contribution in [-0.4, -0.2) is 141 Å². The number of piperazine rings is 1. The second-order valence-electron chi connectivity index (χ2n) is 19.1. The monoisotopic (exact) mass is 928 g/mol. The van der Waals surface area contributed by atoms with Crippen LogP contribution in [0, 0.1) is 12.3 Å². The van der Waals surface area contributed by atoms with E-state index in [1.807, 2.05) is 23.2 Å². The number of piperidine rings is 2. The number of amides is 5. The SMILES string of the molecule is CC(=O)c1c(C)c2cnc(Nc3ccc(N4CCN(CCOCCC(=O)N5CCC6(CC5)COc5cc7c(cc5C6)C(=O)N(C5CCC(=O)NC5=O)C7=O)CC4)cn3)nc2n(C2CCCC2)c1=O. The number of nitrogens with zero attached hydrogens (tertiary/aromatic N) is 8. The highest BCUT2D eigenvalue weighted by Gasteiger charge is 2.47. The molecule has 0 bridgehead atoms. The number of Topliss-reactive ketones (excluding diaryl/α,β-unsaturated/α-hetero) is 1. The fourth-order valence-electron chi connectivity index (χ4n) is 11.0. The lowest BCUT2D eigenvalue weighted by Crippen LogP contribution is -2.54. The molecule has 0 radical (unpaired) electrons. The molecule has 2 N–H and O–H groups in total. The molecule has 1 aromatic carbocycles. The molecule has 1 aliphatic carbocycles. The topological polar surface area (TPSA) is 219 Å². The molecule has 68 heavy (non-hydrogen) atoms. The summed E-state index contributed by atoms with van der Waals surface area (Å²) in [7, 11) is 0. The maximum Gasteiger partial charge on any atom is 0.263 e. The predicted octanol–water partition coefficient (Wildman–Crippen LogP) is 3.73. The largest absolute Gasteiger partial charge is 0.493 e. The Morgan fingerprint density at radius 2 is 1.66 bits per heavy atom. The molecule has 1 spiro atoms. The Morgan fingerprint density at radius 1 is 0.912 bits per heavy atom. The molecule has 4 aromatic rings. The minimum atomic E-state index is -1.03. The standard InChI is InChI=1S/C49H56N10O9/c1-29-36-27-51-48(54-43(36)58(32-5-3-4-6-32)47(66)42(29)30(2)60)52-39-9-7-33(26-50-39)56-18-16-55(17-19-56)20-22-67-21-11-41(62)57-14-12-49(13-15-57)25-31-23-34-35(24-38(31)68-28-49)46(65)59(45(34)64)37-8-10-40(61)53-44(37)63/h7,9,23-24,26-27,32,37H,3-6,8,10-22,25,28H2,1-2H3,(H,53,61,63)(H,50,51,52,54). The smallest absolute Gasteiger partial charge is 0.263 e. The van der Waals surface area contributed by atoms with Crippen LogP contribution in [0.25, 0.3) is 11.0 Å². The Kier molecular flexibility index (Phi) is 12.3. The quantitative estimate of drug-likeness (QED) is 0.118. The molecule has 1 unspecified atom stereocenters. The molecule has 8 heterocycles. The lowest BCUT2D eigenvalue weighted by Gasteiger charge is -2.44. The Labute approximate surface area is 392 Å². The number of hydrogen-bond donors (Lipinski definition) is 2. The lowest BCUT2D eigenvalue weighted by atomic mass is 9.72. The highest BCUT2D eigenvalue weighted by molar-refractivity contribution is 6.23. The van der Waals surface area contributed by atoms with Gasteiger partial charge in [0.2, 0.25) is 23.7 Å². The first kappa shape index (κ1) is 45.2. The summed E-state index contributed by atoms with van der Waals surface area (Å²) in [4.78, 5) is 112. The van der Waals surface area contributed by atoms with Crippen molar-refractivity contribution in [2.45, 2.75) is 90.1 Å². The highest BCUT2D eigenvalue weighted by Crippen LogP contribution is 2.44. The van der Waals surface area contributed by atoms with Gasteiger partial charge in [-0.1, -0.05) is 12.8 Å². The van der Waals surface area contributed by atoms with Crippen molar-refractivity contribution < 1.29 is 38.2 Å². The van der Waals surface area contributed by atoms with E-state index in [4.69, 9.17) is 14.5 Å². The number of benzene rings is 1. The number of carbonyl (C=O) groups excluding carboxylic acids is 6. The predicted molar refractivity (Wildman–Crippen MR) is 248 cm³/mol. The van der Waals surface area contributed by atoms with Crippen LogP contribution in [0.5, 0.6) is 5.75 Å². The molecule has 5 aliphatic heterocycles. The van der Waals surface area contributed by atoms with Crippen LogP contribution in [0.2, 0.25) is 0 Å². The molecule has 10 rings (SSSR count). The van der Waals surface area contributed by atoms with E-state index >= 15 is 0 Å².